The number of rotatable bonds is 6. The van der Waals surface area contributed by atoms with Gasteiger partial charge in [0.05, 0.1) is 12.2 Å². The molecule has 1 unspecified atom stereocenters. The molecular formula is C12H25NO3. The molecule has 96 valence electrons. The number of hydrogen-bond donors (Lipinski definition) is 1. The van der Waals surface area contributed by atoms with Crippen molar-refractivity contribution in [3.05, 3.63) is 0 Å². The summed E-state index contributed by atoms with van der Waals surface area (Å²) in [5.41, 5.74) is 5.47. The Labute approximate surface area is 98.5 Å². The summed E-state index contributed by atoms with van der Waals surface area (Å²) in [6.45, 7) is 10.6. The van der Waals surface area contributed by atoms with Gasteiger partial charge < -0.3 is 15.2 Å². The zero-order valence-corrected chi connectivity index (χ0v) is 11.1. The van der Waals surface area contributed by atoms with Crippen LogP contribution in [0.4, 0.5) is 0 Å². The van der Waals surface area contributed by atoms with Gasteiger partial charge in [0, 0.05) is 0 Å². The summed E-state index contributed by atoms with van der Waals surface area (Å²) in [5, 5.41) is 0. The van der Waals surface area contributed by atoms with Crippen molar-refractivity contribution in [3.8, 4) is 0 Å². The predicted octanol–water partition coefficient (Wildman–Crippen LogP) is 1.72. The maximum absolute atomic E-state index is 11.4. The van der Waals surface area contributed by atoms with E-state index in [2.05, 4.69) is 0 Å². The molecule has 4 heteroatoms. The minimum absolute atomic E-state index is 0.202. The van der Waals surface area contributed by atoms with Gasteiger partial charge >= 0.3 is 5.97 Å². The van der Waals surface area contributed by atoms with E-state index < -0.39 is 6.04 Å². The molecule has 0 amide bonds. The molecule has 0 bridgehead atoms. The van der Waals surface area contributed by atoms with E-state index in [4.69, 9.17) is 15.2 Å². The fourth-order valence-electron chi connectivity index (χ4n) is 1.20. The second-order valence-corrected chi connectivity index (χ2v) is 5.36. The van der Waals surface area contributed by atoms with Gasteiger partial charge in [-0.15, -0.1) is 0 Å². The van der Waals surface area contributed by atoms with E-state index in [1.54, 1.807) is 0 Å². The average Bonchev–Trinajstić information content (AvgIpc) is 2.09. The summed E-state index contributed by atoms with van der Waals surface area (Å²) in [6, 6.07) is -0.519. The molecular weight excluding hydrogens is 206 g/mol. The van der Waals surface area contributed by atoms with Gasteiger partial charge in [0.1, 0.15) is 12.6 Å². The first-order valence-electron chi connectivity index (χ1n) is 5.78. The molecule has 2 N–H and O–H groups in total. The summed E-state index contributed by atoms with van der Waals surface area (Å²) in [7, 11) is 0. The number of ether oxygens (including phenoxy) is 2. The van der Waals surface area contributed by atoms with E-state index in [9.17, 15) is 4.79 Å². The maximum Gasteiger partial charge on any atom is 0.322 e. The van der Waals surface area contributed by atoms with Crippen LogP contribution in [0.15, 0.2) is 0 Å². The van der Waals surface area contributed by atoms with E-state index in [1.807, 2.05) is 34.6 Å². The molecule has 0 saturated carbocycles. The highest BCUT2D eigenvalue weighted by Gasteiger charge is 2.16. The molecule has 0 aromatic rings. The van der Waals surface area contributed by atoms with Gasteiger partial charge in [0.15, 0.2) is 0 Å². The Morgan fingerprint density at radius 1 is 1.25 bits per heavy atom. The lowest BCUT2D eigenvalue weighted by Gasteiger charge is -2.20. The van der Waals surface area contributed by atoms with E-state index in [0.29, 0.717) is 18.9 Å². The molecule has 0 rings (SSSR count). The zero-order chi connectivity index (χ0) is 12.8. The van der Waals surface area contributed by atoms with Crippen LogP contribution in [0.3, 0.4) is 0 Å². The molecule has 1 atom stereocenters. The van der Waals surface area contributed by atoms with Crippen molar-refractivity contribution in [2.75, 3.05) is 13.2 Å². The van der Waals surface area contributed by atoms with Crippen LogP contribution in [0.5, 0.6) is 0 Å². The van der Waals surface area contributed by atoms with Crippen LogP contribution in [0, 0.1) is 5.92 Å². The molecule has 0 heterocycles. The summed E-state index contributed by atoms with van der Waals surface area (Å²) < 4.78 is 10.4. The third kappa shape index (κ3) is 8.68. The summed E-state index contributed by atoms with van der Waals surface area (Å²) in [5.74, 6) is 0.0552. The lowest BCUT2D eigenvalue weighted by molar-refractivity contribution is -0.148. The fourth-order valence-corrected chi connectivity index (χ4v) is 1.20. The second kappa shape index (κ2) is 6.86. The Hall–Kier alpha value is -0.610. The number of esters is 1. The van der Waals surface area contributed by atoms with Gasteiger partial charge in [-0.05, 0) is 33.1 Å². The van der Waals surface area contributed by atoms with Gasteiger partial charge in [-0.3, -0.25) is 4.79 Å². The molecule has 0 aliphatic heterocycles. The third-order valence-electron chi connectivity index (χ3n) is 1.89. The molecule has 0 fully saturated rings. The highest BCUT2D eigenvalue weighted by atomic mass is 16.6. The van der Waals surface area contributed by atoms with Crippen molar-refractivity contribution in [1.29, 1.82) is 0 Å². The van der Waals surface area contributed by atoms with E-state index in [-0.39, 0.29) is 18.2 Å². The zero-order valence-electron chi connectivity index (χ0n) is 11.1. The predicted molar refractivity (Wildman–Crippen MR) is 64.1 cm³/mol. The normalized spacial score (nSPS) is 13.9. The lowest BCUT2D eigenvalue weighted by Crippen LogP contribution is -2.34. The molecule has 0 spiro atoms. The lowest BCUT2D eigenvalue weighted by atomic mass is 10.1. The number of nitrogens with two attached hydrogens (primary N) is 1. The summed E-state index contributed by atoms with van der Waals surface area (Å²) in [4.78, 5) is 11.4. The molecule has 16 heavy (non-hydrogen) atoms. The fraction of sp³-hybridized carbons (Fsp3) is 0.917. The first-order valence-corrected chi connectivity index (χ1v) is 5.78. The van der Waals surface area contributed by atoms with Crippen LogP contribution >= 0.6 is 0 Å². The minimum atomic E-state index is -0.519. The van der Waals surface area contributed by atoms with Gasteiger partial charge in [0.2, 0.25) is 0 Å². The van der Waals surface area contributed by atoms with Crippen molar-refractivity contribution in [2.45, 2.75) is 52.7 Å². The highest BCUT2D eigenvalue weighted by molar-refractivity contribution is 5.75. The Bertz CT molecular complexity index is 209. The van der Waals surface area contributed by atoms with Gasteiger partial charge in [-0.2, -0.15) is 0 Å². The molecule has 0 aliphatic rings. The van der Waals surface area contributed by atoms with Crippen molar-refractivity contribution < 1.29 is 14.3 Å². The van der Waals surface area contributed by atoms with Crippen LogP contribution in [0.25, 0.3) is 0 Å². The van der Waals surface area contributed by atoms with Crippen molar-refractivity contribution >= 4 is 5.97 Å². The Balaban J connectivity index is 3.65. The van der Waals surface area contributed by atoms with Crippen molar-refractivity contribution in [2.24, 2.45) is 11.7 Å². The monoisotopic (exact) mass is 231 g/mol. The summed E-state index contributed by atoms with van der Waals surface area (Å²) >= 11 is 0. The van der Waals surface area contributed by atoms with Gasteiger partial charge in [-0.25, -0.2) is 0 Å². The molecule has 0 saturated heterocycles. The molecule has 0 aromatic carbocycles. The standard InChI is InChI=1S/C12H25NO3/c1-9(2)8-10(13)11(14)15-6-7-16-12(3,4)5/h9-10H,6-8,13H2,1-5H3. The van der Waals surface area contributed by atoms with Crippen LogP contribution in [-0.4, -0.2) is 30.8 Å². The molecule has 0 aliphatic carbocycles. The smallest absolute Gasteiger partial charge is 0.322 e. The largest absolute Gasteiger partial charge is 0.462 e. The van der Waals surface area contributed by atoms with Crippen molar-refractivity contribution in [3.63, 3.8) is 0 Å². The van der Waals surface area contributed by atoms with Crippen molar-refractivity contribution in [1.82, 2.24) is 0 Å². The van der Waals surface area contributed by atoms with E-state index in [0.717, 1.165) is 0 Å². The Morgan fingerprint density at radius 3 is 2.25 bits per heavy atom. The Kier molecular flexibility index (Phi) is 6.60. The number of carbonyl (C=O) groups excluding carboxylic acids is 1. The average molecular weight is 231 g/mol. The highest BCUT2D eigenvalue weighted by Crippen LogP contribution is 2.06. The quantitative estimate of drug-likeness (QED) is 0.558. The molecule has 4 nitrogen and oxygen atoms in total. The maximum atomic E-state index is 11.4. The first kappa shape index (κ1) is 15.4. The third-order valence-corrected chi connectivity index (χ3v) is 1.89. The van der Waals surface area contributed by atoms with Crippen LogP contribution < -0.4 is 5.73 Å². The molecule has 0 aromatic heterocycles. The molecule has 0 radical (unpaired) electrons. The van der Waals surface area contributed by atoms with E-state index in [1.165, 1.54) is 0 Å². The van der Waals surface area contributed by atoms with Gasteiger partial charge in [-0.1, -0.05) is 13.8 Å². The Morgan fingerprint density at radius 2 is 1.81 bits per heavy atom. The number of carbonyl (C=O) groups is 1. The SMILES string of the molecule is CC(C)CC(N)C(=O)OCCOC(C)(C)C. The van der Waals surface area contributed by atoms with Crippen LogP contribution in [0.2, 0.25) is 0 Å². The van der Waals surface area contributed by atoms with Crippen LogP contribution in [0.1, 0.15) is 41.0 Å². The first-order chi connectivity index (χ1) is 7.22. The topological polar surface area (TPSA) is 61.6 Å². The van der Waals surface area contributed by atoms with Gasteiger partial charge in [0.25, 0.3) is 0 Å². The van der Waals surface area contributed by atoms with E-state index >= 15 is 0 Å². The summed E-state index contributed by atoms with van der Waals surface area (Å²) in [6.07, 6.45) is 0.652. The minimum Gasteiger partial charge on any atom is -0.462 e. The number of hydrogen-bond acceptors (Lipinski definition) is 4. The van der Waals surface area contributed by atoms with Crippen LogP contribution in [-0.2, 0) is 14.3 Å². The second-order valence-electron chi connectivity index (χ2n) is 5.36.